The Labute approximate surface area is 126 Å². The maximum atomic E-state index is 5.07. The summed E-state index contributed by atoms with van der Waals surface area (Å²) in [6.45, 7) is 3.02. The number of hydrogen-bond donors (Lipinski definition) is 2. The lowest BCUT2D eigenvalue weighted by Gasteiger charge is -2.07. The van der Waals surface area contributed by atoms with Crippen LogP contribution in [0.15, 0.2) is 30.3 Å². The zero-order chi connectivity index (χ0) is 13.5. The predicted molar refractivity (Wildman–Crippen MR) is 76.1 cm³/mol. The van der Waals surface area contributed by atoms with E-state index >= 15 is 0 Å². The Morgan fingerprint density at radius 1 is 1.05 bits per heavy atom. The number of hydrogen-bond acceptors (Lipinski definition) is 3. The highest BCUT2D eigenvalue weighted by Crippen LogP contribution is 2.23. The van der Waals surface area contributed by atoms with Gasteiger partial charge in [0.05, 0.1) is 12.2 Å². The molecule has 5 heteroatoms. The molecule has 0 fully saturated rings. The summed E-state index contributed by atoms with van der Waals surface area (Å²) in [6, 6.07) is 8.38. The second kappa shape index (κ2) is 8.74. The molecule has 20 heavy (non-hydrogen) atoms. The molecule has 1 aliphatic rings. The molecule has 1 aliphatic carbocycles. The number of nitrogens with one attached hydrogen (secondary N) is 2. The standard InChI is InChI=1S/C15H20N2O2.ClH/c1-18-9-7-16-14-11-15(17-8-10-19-2)13-6-4-3-5-12(13)14;/h3-6,11,16H,7-10H2,1-2H3;1H. The SMILES string of the molecule is COCCNC1=CC(=[NH+]CCOC)c2ccccc21.[Cl-]. The van der Waals surface area contributed by atoms with Crippen molar-refractivity contribution in [2.24, 2.45) is 0 Å². The third kappa shape index (κ3) is 4.07. The molecule has 2 rings (SSSR count). The van der Waals surface area contributed by atoms with E-state index in [1.54, 1.807) is 14.2 Å². The number of rotatable bonds is 7. The van der Waals surface area contributed by atoms with Gasteiger partial charge < -0.3 is 27.2 Å². The molecule has 4 nitrogen and oxygen atoms in total. The first-order valence-corrected chi connectivity index (χ1v) is 6.51. The van der Waals surface area contributed by atoms with Gasteiger partial charge in [-0.3, -0.25) is 0 Å². The molecule has 0 aliphatic heterocycles. The average Bonchev–Trinajstić information content (AvgIpc) is 2.79. The fourth-order valence-electron chi connectivity index (χ4n) is 2.12. The lowest BCUT2D eigenvalue weighted by Crippen LogP contribution is -3.00. The van der Waals surface area contributed by atoms with Crippen LogP contribution in [-0.2, 0) is 9.47 Å². The molecule has 0 saturated heterocycles. The molecule has 0 bridgehead atoms. The van der Waals surface area contributed by atoms with Crippen molar-refractivity contribution in [3.8, 4) is 0 Å². The number of halogens is 1. The van der Waals surface area contributed by atoms with Gasteiger partial charge in [0.25, 0.3) is 0 Å². The van der Waals surface area contributed by atoms with Crippen molar-refractivity contribution < 1.29 is 26.9 Å². The van der Waals surface area contributed by atoms with Crippen LogP contribution < -0.4 is 22.7 Å². The summed E-state index contributed by atoms with van der Waals surface area (Å²) in [4.78, 5) is 3.40. The summed E-state index contributed by atoms with van der Waals surface area (Å²) < 4.78 is 10.1. The zero-order valence-corrected chi connectivity index (χ0v) is 12.7. The van der Waals surface area contributed by atoms with Gasteiger partial charge >= 0.3 is 0 Å². The minimum absolute atomic E-state index is 0. The van der Waals surface area contributed by atoms with E-state index in [4.69, 9.17) is 9.47 Å². The van der Waals surface area contributed by atoms with E-state index < -0.39 is 0 Å². The van der Waals surface area contributed by atoms with Crippen molar-refractivity contribution >= 4 is 11.4 Å². The molecular formula is C15H21ClN2O2. The Morgan fingerprint density at radius 2 is 1.75 bits per heavy atom. The molecule has 0 atom stereocenters. The van der Waals surface area contributed by atoms with E-state index in [-0.39, 0.29) is 12.4 Å². The minimum Gasteiger partial charge on any atom is -1.00 e. The van der Waals surface area contributed by atoms with Crippen LogP contribution >= 0.6 is 0 Å². The van der Waals surface area contributed by atoms with Crippen molar-refractivity contribution in [3.05, 3.63) is 41.5 Å². The Bertz CT molecular complexity index is 487. The molecule has 0 saturated carbocycles. The highest BCUT2D eigenvalue weighted by Gasteiger charge is 2.22. The van der Waals surface area contributed by atoms with Gasteiger partial charge in [-0.05, 0) is 6.07 Å². The van der Waals surface area contributed by atoms with Gasteiger partial charge in [0.2, 0.25) is 5.71 Å². The number of fused-ring (bicyclic) bond motifs is 1. The molecule has 0 radical (unpaired) electrons. The number of methoxy groups -OCH3 is 2. The Balaban J connectivity index is 0.00000200. The van der Waals surface area contributed by atoms with Crippen LogP contribution in [0.4, 0.5) is 0 Å². The molecule has 0 aromatic heterocycles. The summed E-state index contributed by atoms with van der Waals surface area (Å²) in [6.07, 6.45) is 2.15. The Kier molecular flexibility index (Phi) is 7.30. The fraction of sp³-hybridized carbons (Fsp3) is 0.400. The average molecular weight is 297 g/mol. The number of benzene rings is 1. The van der Waals surface area contributed by atoms with E-state index in [9.17, 15) is 0 Å². The van der Waals surface area contributed by atoms with Crippen LogP contribution in [0.2, 0.25) is 0 Å². The van der Waals surface area contributed by atoms with Gasteiger partial charge in [0.15, 0.2) is 6.54 Å². The zero-order valence-electron chi connectivity index (χ0n) is 11.9. The first kappa shape index (κ1) is 16.7. The largest absolute Gasteiger partial charge is 1.00 e. The van der Waals surface area contributed by atoms with Gasteiger partial charge in [-0.2, -0.15) is 0 Å². The smallest absolute Gasteiger partial charge is 0.208 e. The van der Waals surface area contributed by atoms with Crippen molar-refractivity contribution in [2.45, 2.75) is 0 Å². The van der Waals surface area contributed by atoms with Crippen molar-refractivity contribution in [1.29, 1.82) is 0 Å². The summed E-state index contributed by atoms with van der Waals surface area (Å²) in [5, 5.41) is 3.40. The van der Waals surface area contributed by atoms with E-state index in [1.807, 2.05) is 0 Å². The van der Waals surface area contributed by atoms with Crippen LogP contribution in [0.25, 0.3) is 5.70 Å². The monoisotopic (exact) mass is 296 g/mol. The van der Waals surface area contributed by atoms with Gasteiger partial charge in [-0.25, -0.2) is 4.99 Å². The first-order valence-electron chi connectivity index (χ1n) is 6.51. The molecule has 1 aromatic carbocycles. The molecular weight excluding hydrogens is 276 g/mol. The lowest BCUT2D eigenvalue weighted by atomic mass is 10.1. The highest BCUT2D eigenvalue weighted by atomic mass is 35.5. The van der Waals surface area contributed by atoms with Gasteiger partial charge in [-0.1, -0.05) is 18.2 Å². The first-order chi connectivity index (χ1) is 9.36. The molecule has 110 valence electrons. The van der Waals surface area contributed by atoms with Gasteiger partial charge in [0.1, 0.15) is 6.61 Å². The van der Waals surface area contributed by atoms with E-state index in [2.05, 4.69) is 40.7 Å². The quantitative estimate of drug-likeness (QED) is 0.521. The molecule has 0 spiro atoms. The topological polar surface area (TPSA) is 44.5 Å². The van der Waals surface area contributed by atoms with Gasteiger partial charge in [0, 0.05) is 38.1 Å². The third-order valence-corrected chi connectivity index (χ3v) is 3.04. The van der Waals surface area contributed by atoms with Crippen LogP contribution in [0.1, 0.15) is 11.1 Å². The van der Waals surface area contributed by atoms with Crippen molar-refractivity contribution in [2.75, 3.05) is 40.5 Å². The summed E-state index contributed by atoms with van der Waals surface area (Å²) in [5.74, 6) is 0. The summed E-state index contributed by atoms with van der Waals surface area (Å²) in [7, 11) is 3.42. The molecule has 0 unspecified atom stereocenters. The molecule has 0 amide bonds. The molecule has 0 heterocycles. The van der Waals surface area contributed by atoms with E-state index in [0.29, 0.717) is 13.2 Å². The minimum atomic E-state index is 0. The Morgan fingerprint density at radius 3 is 2.45 bits per heavy atom. The lowest BCUT2D eigenvalue weighted by molar-refractivity contribution is -0.459. The second-order valence-electron chi connectivity index (χ2n) is 4.36. The Hall–Kier alpha value is -1.36. The van der Waals surface area contributed by atoms with Crippen molar-refractivity contribution in [1.82, 2.24) is 5.32 Å². The predicted octanol–water partition coefficient (Wildman–Crippen LogP) is -3.20. The molecule has 1 aromatic rings. The van der Waals surface area contributed by atoms with Crippen molar-refractivity contribution in [3.63, 3.8) is 0 Å². The van der Waals surface area contributed by atoms with Crippen LogP contribution in [0, 0.1) is 0 Å². The van der Waals surface area contributed by atoms with Crippen LogP contribution in [0.5, 0.6) is 0 Å². The van der Waals surface area contributed by atoms with E-state index in [0.717, 1.165) is 24.5 Å². The third-order valence-electron chi connectivity index (χ3n) is 3.04. The fourth-order valence-corrected chi connectivity index (χ4v) is 2.12. The highest BCUT2D eigenvalue weighted by molar-refractivity contribution is 6.16. The maximum Gasteiger partial charge on any atom is 0.208 e. The summed E-state index contributed by atoms with van der Waals surface area (Å²) in [5.41, 5.74) is 4.76. The normalized spacial score (nSPS) is 14.7. The number of ether oxygens (including phenoxy) is 2. The maximum absolute atomic E-state index is 5.07. The van der Waals surface area contributed by atoms with Crippen LogP contribution in [-0.4, -0.2) is 46.2 Å². The van der Waals surface area contributed by atoms with Crippen LogP contribution in [0.3, 0.4) is 0 Å². The summed E-state index contributed by atoms with van der Waals surface area (Å²) >= 11 is 0. The number of allylic oxidation sites excluding steroid dienone is 1. The second-order valence-corrected chi connectivity index (χ2v) is 4.36. The molecule has 2 N–H and O–H groups in total. The van der Waals surface area contributed by atoms with Gasteiger partial charge in [-0.15, -0.1) is 0 Å². The van der Waals surface area contributed by atoms with E-state index in [1.165, 1.54) is 11.1 Å².